The van der Waals surface area contributed by atoms with Gasteiger partial charge in [0.05, 0.1) is 19.4 Å². The predicted octanol–water partition coefficient (Wildman–Crippen LogP) is 13.1. The summed E-state index contributed by atoms with van der Waals surface area (Å²) in [5, 5.41) is 0. The molecule has 290 valence electrons. The van der Waals surface area contributed by atoms with E-state index in [4.69, 9.17) is 19.7 Å². The minimum Gasteiger partial charge on any atom is -0.379 e. The summed E-state index contributed by atoms with van der Waals surface area (Å²) in [7, 11) is -3.66. The maximum Gasteiger partial charge on any atom is 0.329 e. The molecule has 3 N–H and O–H groups in total. The van der Waals surface area contributed by atoms with Crippen LogP contribution in [0.1, 0.15) is 219 Å². The summed E-state index contributed by atoms with van der Waals surface area (Å²) < 4.78 is 29.5. The van der Waals surface area contributed by atoms with Gasteiger partial charge in [0.25, 0.3) is 0 Å². The summed E-state index contributed by atoms with van der Waals surface area (Å²) in [5.41, 5.74) is 5.47. The average Bonchev–Trinajstić information content (AvgIpc) is 3.07. The largest absolute Gasteiger partial charge is 0.379 e. The van der Waals surface area contributed by atoms with Crippen molar-refractivity contribution >= 4 is 7.60 Å². The lowest BCUT2D eigenvalue weighted by molar-refractivity contribution is -0.0403. The summed E-state index contributed by atoms with van der Waals surface area (Å²) in [6, 6.07) is 0. The first kappa shape index (κ1) is 48.0. The van der Waals surface area contributed by atoms with Gasteiger partial charge in [-0.15, -0.1) is 0 Å². The second-order valence-electron chi connectivity index (χ2n) is 14.6. The van der Waals surface area contributed by atoms with Gasteiger partial charge >= 0.3 is 7.60 Å². The Hall–Kier alpha value is 0.0300. The zero-order valence-corrected chi connectivity index (χ0v) is 33.4. The summed E-state index contributed by atoms with van der Waals surface area (Å²) in [4.78, 5) is 9.97. The van der Waals surface area contributed by atoms with Gasteiger partial charge in [-0.3, -0.25) is 4.57 Å². The Morgan fingerprint density at radius 3 is 1.12 bits per heavy atom. The number of rotatable bonds is 42. The van der Waals surface area contributed by atoms with Gasteiger partial charge in [-0.05, 0) is 12.8 Å². The molecular formula is C41H86NO5P. The highest BCUT2D eigenvalue weighted by atomic mass is 31.2. The van der Waals surface area contributed by atoms with Crippen LogP contribution in [0.3, 0.4) is 0 Å². The molecule has 0 heterocycles. The van der Waals surface area contributed by atoms with E-state index < -0.39 is 7.60 Å². The quantitative estimate of drug-likeness (QED) is 0.0486. The van der Waals surface area contributed by atoms with Gasteiger partial charge in [0.15, 0.2) is 0 Å². The Morgan fingerprint density at radius 1 is 0.479 bits per heavy atom. The minimum atomic E-state index is -3.66. The smallest absolute Gasteiger partial charge is 0.329 e. The van der Waals surface area contributed by atoms with Crippen LogP contribution in [0.5, 0.6) is 0 Å². The highest BCUT2D eigenvalue weighted by Crippen LogP contribution is 2.41. The first-order valence-corrected chi connectivity index (χ1v) is 23.2. The molecule has 0 amide bonds. The molecule has 0 aliphatic rings. The second-order valence-corrected chi connectivity index (χ2v) is 16.6. The third-order valence-electron chi connectivity index (χ3n) is 9.67. The highest BCUT2D eigenvalue weighted by molar-refractivity contribution is 7.52. The summed E-state index contributed by atoms with van der Waals surface area (Å²) >= 11 is 0. The molecule has 48 heavy (non-hydrogen) atoms. The summed E-state index contributed by atoms with van der Waals surface area (Å²) in [6.45, 7) is 6.53. The van der Waals surface area contributed by atoms with Crippen molar-refractivity contribution in [2.75, 3.05) is 39.1 Å². The summed E-state index contributed by atoms with van der Waals surface area (Å²) in [5.74, 6) is 0. The molecule has 7 heteroatoms. The lowest BCUT2D eigenvalue weighted by Crippen LogP contribution is -2.26. The van der Waals surface area contributed by atoms with Crippen LogP contribution < -0.4 is 5.73 Å². The zero-order chi connectivity index (χ0) is 35.1. The van der Waals surface area contributed by atoms with Crippen LogP contribution in [-0.2, 0) is 18.6 Å². The first-order valence-electron chi connectivity index (χ1n) is 21.4. The van der Waals surface area contributed by atoms with Gasteiger partial charge in [0.1, 0.15) is 6.10 Å². The third-order valence-corrected chi connectivity index (χ3v) is 11.0. The molecule has 0 rings (SSSR count). The Morgan fingerprint density at radius 2 is 0.792 bits per heavy atom. The van der Waals surface area contributed by atoms with Crippen LogP contribution in [0.2, 0.25) is 0 Å². The molecule has 0 saturated carbocycles. The Balaban J connectivity index is 3.78. The Bertz CT molecular complexity index is 652. The third kappa shape index (κ3) is 38.8. The van der Waals surface area contributed by atoms with Gasteiger partial charge in [-0.2, -0.15) is 0 Å². The fourth-order valence-corrected chi connectivity index (χ4v) is 7.29. The van der Waals surface area contributed by atoms with Gasteiger partial charge in [-0.1, -0.05) is 206 Å². The molecule has 0 aliphatic carbocycles. The van der Waals surface area contributed by atoms with E-state index in [9.17, 15) is 9.46 Å². The Labute approximate surface area is 300 Å². The van der Waals surface area contributed by atoms with Crippen molar-refractivity contribution in [1.29, 1.82) is 0 Å². The van der Waals surface area contributed by atoms with E-state index in [1.54, 1.807) is 0 Å². The van der Waals surface area contributed by atoms with Crippen LogP contribution in [0.15, 0.2) is 0 Å². The van der Waals surface area contributed by atoms with Crippen LogP contribution in [0, 0.1) is 0 Å². The minimum absolute atomic E-state index is 0.0289. The normalized spacial score (nSPS) is 13.7. The Kier molecular flexibility index (Phi) is 39.8. The van der Waals surface area contributed by atoms with Gasteiger partial charge < -0.3 is 24.6 Å². The molecule has 0 aromatic carbocycles. The molecule has 1 unspecified atom stereocenters. The van der Waals surface area contributed by atoms with Gasteiger partial charge in [-0.25, -0.2) is 0 Å². The lowest BCUT2D eigenvalue weighted by Gasteiger charge is -2.20. The van der Waals surface area contributed by atoms with E-state index in [1.807, 2.05) is 0 Å². The number of unbranched alkanes of at least 4 members (excludes halogenated alkanes) is 30. The number of nitrogens with two attached hydrogens (primary N) is 1. The molecule has 0 bridgehead atoms. The lowest BCUT2D eigenvalue weighted by atomic mass is 10.0. The molecule has 6 nitrogen and oxygen atoms in total. The molecule has 0 aliphatic heterocycles. The van der Waals surface area contributed by atoms with Gasteiger partial charge in [0, 0.05) is 19.8 Å². The van der Waals surface area contributed by atoms with E-state index in [0.29, 0.717) is 19.8 Å². The molecular weight excluding hydrogens is 617 g/mol. The number of hydrogen-bond acceptors (Lipinski definition) is 5. The van der Waals surface area contributed by atoms with Crippen molar-refractivity contribution in [3.05, 3.63) is 0 Å². The van der Waals surface area contributed by atoms with Crippen molar-refractivity contribution in [2.45, 2.75) is 225 Å². The van der Waals surface area contributed by atoms with E-state index >= 15 is 0 Å². The van der Waals surface area contributed by atoms with E-state index in [2.05, 4.69) is 13.8 Å². The van der Waals surface area contributed by atoms with E-state index in [0.717, 1.165) is 19.3 Å². The maximum absolute atomic E-state index is 12.2. The topological polar surface area (TPSA) is 91.0 Å². The average molecular weight is 704 g/mol. The molecule has 0 aromatic rings. The van der Waals surface area contributed by atoms with Crippen molar-refractivity contribution < 1.29 is 23.5 Å². The van der Waals surface area contributed by atoms with Crippen LogP contribution in [0.4, 0.5) is 0 Å². The van der Waals surface area contributed by atoms with Crippen LogP contribution >= 0.6 is 7.60 Å². The molecule has 2 atom stereocenters. The second kappa shape index (κ2) is 39.8. The van der Waals surface area contributed by atoms with E-state index in [-0.39, 0.29) is 25.4 Å². The number of ether oxygens (including phenoxy) is 2. The zero-order valence-electron chi connectivity index (χ0n) is 32.6. The fraction of sp³-hybridized carbons (Fsp3) is 1.00. The fourth-order valence-electron chi connectivity index (χ4n) is 6.44. The van der Waals surface area contributed by atoms with Gasteiger partial charge in [0.2, 0.25) is 0 Å². The van der Waals surface area contributed by atoms with Crippen LogP contribution in [0.25, 0.3) is 0 Å². The highest BCUT2D eigenvalue weighted by Gasteiger charge is 2.21. The predicted molar refractivity (Wildman–Crippen MR) is 209 cm³/mol. The van der Waals surface area contributed by atoms with Crippen LogP contribution in [-0.4, -0.2) is 50.1 Å². The first-order chi connectivity index (χ1) is 23.6. The van der Waals surface area contributed by atoms with E-state index in [1.165, 1.54) is 186 Å². The van der Waals surface area contributed by atoms with Crippen molar-refractivity contribution in [3.63, 3.8) is 0 Å². The SMILES string of the molecule is CCCCCCCCCCCCCCCCCCOC[C@H](COP(=O)(O)CCN)OCCCCCCCCCCCCCCCCCC. The molecule has 0 fully saturated rings. The molecule has 0 aromatic heterocycles. The summed E-state index contributed by atoms with van der Waals surface area (Å²) in [6.07, 6.45) is 42.9. The number of hydrogen-bond donors (Lipinski definition) is 2. The van der Waals surface area contributed by atoms with Crippen molar-refractivity contribution in [1.82, 2.24) is 0 Å². The molecule has 0 radical (unpaired) electrons. The monoisotopic (exact) mass is 704 g/mol. The van der Waals surface area contributed by atoms with Crippen molar-refractivity contribution in [3.8, 4) is 0 Å². The maximum atomic E-state index is 12.2. The standard InChI is InChI=1S/C41H86NO5P/c1-3-5-7-9-11-13-15-17-19-21-23-25-27-29-31-33-36-45-39-41(40-47-48(43,44)38-35-42)46-37-34-32-30-28-26-24-22-20-18-16-14-12-10-8-6-4-2/h41H,3-40,42H2,1-2H3,(H,43,44)/t41-/m1/s1. The molecule has 0 spiro atoms. The van der Waals surface area contributed by atoms with Crippen molar-refractivity contribution in [2.24, 2.45) is 5.73 Å². The molecule has 0 saturated heterocycles.